The van der Waals surface area contributed by atoms with Gasteiger partial charge in [-0.05, 0) is 29.3 Å². The summed E-state index contributed by atoms with van der Waals surface area (Å²) in [5.41, 5.74) is 1.96. The zero-order chi connectivity index (χ0) is 20.1. The van der Waals surface area contributed by atoms with E-state index >= 15 is 0 Å². The molecule has 1 N–H and O–H groups in total. The summed E-state index contributed by atoms with van der Waals surface area (Å²) in [4.78, 5) is 31.4. The van der Waals surface area contributed by atoms with E-state index < -0.39 is 0 Å². The number of carbonyl (C=O) groups is 2. The van der Waals surface area contributed by atoms with Gasteiger partial charge in [0.25, 0.3) is 0 Å². The molecule has 1 saturated heterocycles. The van der Waals surface area contributed by atoms with E-state index in [2.05, 4.69) is 10.3 Å². The molecule has 148 valence electrons. The van der Waals surface area contributed by atoms with Crippen LogP contribution in [-0.4, -0.2) is 41.9 Å². The Hall–Kier alpha value is -2.89. The Bertz CT molecular complexity index is 823. The van der Waals surface area contributed by atoms with Crippen molar-refractivity contribution in [2.75, 3.05) is 20.2 Å². The summed E-state index contributed by atoms with van der Waals surface area (Å²) in [6.45, 7) is 5.16. The first-order valence-corrected chi connectivity index (χ1v) is 9.59. The molecule has 1 fully saturated rings. The average Bonchev–Trinajstić information content (AvgIpc) is 3.17. The first-order valence-electron chi connectivity index (χ1n) is 9.59. The lowest BCUT2D eigenvalue weighted by atomic mass is 9.88. The minimum Gasteiger partial charge on any atom is -0.497 e. The van der Waals surface area contributed by atoms with Crippen LogP contribution >= 0.6 is 0 Å². The summed E-state index contributed by atoms with van der Waals surface area (Å²) in [5, 5.41) is 3.01. The Kier molecular flexibility index (Phi) is 6.29. The Balaban J connectivity index is 1.79. The molecule has 0 aliphatic carbocycles. The molecule has 28 heavy (non-hydrogen) atoms. The third kappa shape index (κ3) is 4.50. The standard InChI is InChI=1S/C22H27N3O3/c1-15(2)22(27)25-13-19(17-7-4-8-18(10-17)28-3)20(14-25)21(26)24-12-16-6-5-9-23-11-16/h4-11,15,19-20H,12-14H2,1-3H3,(H,24,26)/t19-,20+/m0/s1. The minimum atomic E-state index is -0.300. The number of nitrogens with one attached hydrogen (secondary N) is 1. The van der Waals surface area contributed by atoms with E-state index in [1.165, 1.54) is 0 Å². The van der Waals surface area contributed by atoms with Crippen molar-refractivity contribution in [3.8, 4) is 5.75 Å². The third-order valence-electron chi connectivity index (χ3n) is 5.17. The number of rotatable bonds is 6. The molecule has 0 unspecified atom stereocenters. The molecule has 1 aliphatic rings. The Morgan fingerprint density at radius 1 is 1.25 bits per heavy atom. The molecule has 2 amide bonds. The van der Waals surface area contributed by atoms with Gasteiger partial charge in [-0.3, -0.25) is 14.6 Å². The predicted octanol–water partition coefficient (Wildman–Crippen LogP) is 2.60. The van der Waals surface area contributed by atoms with E-state index in [1.54, 1.807) is 19.5 Å². The lowest BCUT2D eigenvalue weighted by Gasteiger charge is -2.19. The topological polar surface area (TPSA) is 71.5 Å². The number of benzene rings is 1. The molecule has 0 saturated carbocycles. The predicted molar refractivity (Wildman–Crippen MR) is 107 cm³/mol. The highest BCUT2D eigenvalue weighted by molar-refractivity contribution is 5.84. The highest BCUT2D eigenvalue weighted by Crippen LogP contribution is 2.35. The summed E-state index contributed by atoms with van der Waals surface area (Å²) in [5.74, 6) is 0.327. The van der Waals surface area contributed by atoms with Gasteiger partial charge in [0.1, 0.15) is 5.75 Å². The molecule has 6 heteroatoms. The van der Waals surface area contributed by atoms with Gasteiger partial charge < -0.3 is 15.0 Å². The number of methoxy groups -OCH3 is 1. The van der Waals surface area contributed by atoms with Crippen molar-refractivity contribution in [1.29, 1.82) is 0 Å². The number of aromatic nitrogens is 1. The molecule has 2 atom stereocenters. The van der Waals surface area contributed by atoms with E-state index in [-0.39, 0.29) is 29.6 Å². The Morgan fingerprint density at radius 2 is 2.07 bits per heavy atom. The van der Waals surface area contributed by atoms with Crippen LogP contribution in [0.25, 0.3) is 0 Å². The number of nitrogens with zero attached hydrogens (tertiary/aromatic N) is 2. The molecule has 3 rings (SSSR count). The lowest BCUT2D eigenvalue weighted by Crippen LogP contribution is -2.36. The summed E-state index contributed by atoms with van der Waals surface area (Å²) in [7, 11) is 1.63. The average molecular weight is 381 g/mol. The first-order chi connectivity index (χ1) is 13.5. The van der Waals surface area contributed by atoms with Crippen molar-refractivity contribution in [2.24, 2.45) is 11.8 Å². The van der Waals surface area contributed by atoms with E-state index in [0.717, 1.165) is 16.9 Å². The van der Waals surface area contributed by atoms with E-state index in [0.29, 0.717) is 19.6 Å². The zero-order valence-corrected chi connectivity index (χ0v) is 16.6. The number of ether oxygens (including phenoxy) is 1. The van der Waals surface area contributed by atoms with Crippen molar-refractivity contribution in [1.82, 2.24) is 15.2 Å². The Labute approximate surface area is 165 Å². The van der Waals surface area contributed by atoms with Gasteiger partial charge in [-0.25, -0.2) is 0 Å². The second kappa shape index (κ2) is 8.87. The van der Waals surface area contributed by atoms with Gasteiger partial charge in [0.15, 0.2) is 0 Å². The van der Waals surface area contributed by atoms with Crippen molar-refractivity contribution < 1.29 is 14.3 Å². The quantitative estimate of drug-likeness (QED) is 0.835. The summed E-state index contributed by atoms with van der Waals surface area (Å²) >= 11 is 0. The first kappa shape index (κ1) is 19.9. The fraction of sp³-hybridized carbons (Fsp3) is 0.409. The van der Waals surface area contributed by atoms with Gasteiger partial charge in [-0.15, -0.1) is 0 Å². The van der Waals surface area contributed by atoms with Crippen LogP contribution in [0.1, 0.15) is 30.9 Å². The highest BCUT2D eigenvalue weighted by Gasteiger charge is 2.40. The van der Waals surface area contributed by atoms with Crippen LogP contribution in [0.2, 0.25) is 0 Å². The van der Waals surface area contributed by atoms with Crippen LogP contribution in [0.3, 0.4) is 0 Å². The van der Waals surface area contributed by atoms with E-state index in [9.17, 15) is 9.59 Å². The van der Waals surface area contributed by atoms with Crippen molar-refractivity contribution in [2.45, 2.75) is 26.3 Å². The lowest BCUT2D eigenvalue weighted by molar-refractivity contribution is -0.133. The second-order valence-corrected chi connectivity index (χ2v) is 7.47. The van der Waals surface area contributed by atoms with Gasteiger partial charge >= 0.3 is 0 Å². The molecular weight excluding hydrogens is 354 g/mol. The van der Waals surface area contributed by atoms with Crippen LogP contribution in [0.5, 0.6) is 5.75 Å². The normalized spacial score (nSPS) is 18.9. The van der Waals surface area contributed by atoms with Gasteiger partial charge in [-0.2, -0.15) is 0 Å². The van der Waals surface area contributed by atoms with Gasteiger partial charge in [0.2, 0.25) is 11.8 Å². The molecule has 0 radical (unpaired) electrons. The summed E-state index contributed by atoms with van der Waals surface area (Å²) in [6.07, 6.45) is 3.44. The number of hydrogen-bond acceptors (Lipinski definition) is 4. The number of hydrogen-bond donors (Lipinski definition) is 1. The number of carbonyl (C=O) groups excluding carboxylic acids is 2. The van der Waals surface area contributed by atoms with Crippen LogP contribution in [0.4, 0.5) is 0 Å². The van der Waals surface area contributed by atoms with Crippen molar-refractivity contribution >= 4 is 11.8 Å². The molecule has 0 spiro atoms. The Morgan fingerprint density at radius 3 is 2.75 bits per heavy atom. The molecule has 6 nitrogen and oxygen atoms in total. The largest absolute Gasteiger partial charge is 0.497 e. The van der Waals surface area contributed by atoms with Gasteiger partial charge in [0, 0.05) is 43.9 Å². The molecule has 1 aromatic carbocycles. The maximum atomic E-state index is 13.0. The van der Waals surface area contributed by atoms with Crippen LogP contribution in [0.15, 0.2) is 48.8 Å². The fourth-order valence-electron chi connectivity index (χ4n) is 3.65. The molecule has 1 aromatic heterocycles. The van der Waals surface area contributed by atoms with Crippen LogP contribution < -0.4 is 10.1 Å². The molecule has 1 aliphatic heterocycles. The summed E-state index contributed by atoms with van der Waals surface area (Å²) in [6, 6.07) is 11.5. The van der Waals surface area contributed by atoms with Gasteiger partial charge in [0.05, 0.1) is 13.0 Å². The smallest absolute Gasteiger partial charge is 0.225 e. The van der Waals surface area contributed by atoms with Crippen molar-refractivity contribution in [3.05, 3.63) is 59.9 Å². The summed E-state index contributed by atoms with van der Waals surface area (Å²) < 4.78 is 5.34. The fourth-order valence-corrected chi connectivity index (χ4v) is 3.65. The van der Waals surface area contributed by atoms with Crippen molar-refractivity contribution in [3.63, 3.8) is 0 Å². The molecular formula is C22H27N3O3. The monoisotopic (exact) mass is 381 g/mol. The molecule has 2 aromatic rings. The van der Waals surface area contributed by atoms with E-state index in [4.69, 9.17) is 4.74 Å². The minimum absolute atomic E-state index is 0.0456. The molecule has 2 heterocycles. The number of likely N-dealkylation sites (tertiary alicyclic amines) is 1. The second-order valence-electron chi connectivity index (χ2n) is 7.47. The van der Waals surface area contributed by atoms with Crippen LogP contribution in [-0.2, 0) is 16.1 Å². The SMILES string of the molecule is COc1cccc([C@@H]2CN(C(=O)C(C)C)C[C@H]2C(=O)NCc2cccnc2)c1. The molecule has 0 bridgehead atoms. The number of pyridine rings is 1. The van der Waals surface area contributed by atoms with Crippen LogP contribution in [0, 0.1) is 11.8 Å². The maximum Gasteiger partial charge on any atom is 0.225 e. The van der Waals surface area contributed by atoms with Gasteiger partial charge in [-0.1, -0.05) is 32.0 Å². The maximum absolute atomic E-state index is 13.0. The van der Waals surface area contributed by atoms with E-state index in [1.807, 2.05) is 55.1 Å². The highest BCUT2D eigenvalue weighted by atomic mass is 16.5. The third-order valence-corrected chi connectivity index (χ3v) is 5.17. The number of amides is 2. The zero-order valence-electron chi connectivity index (χ0n) is 16.6.